The van der Waals surface area contributed by atoms with Gasteiger partial charge in [0.05, 0.1) is 6.10 Å². The van der Waals surface area contributed by atoms with Gasteiger partial charge in [-0.15, -0.1) is 0 Å². The summed E-state index contributed by atoms with van der Waals surface area (Å²) in [7, 11) is 3.82. The molecule has 0 bridgehead atoms. The highest BCUT2D eigenvalue weighted by Crippen LogP contribution is 2.21. The van der Waals surface area contributed by atoms with Crippen molar-refractivity contribution in [2.24, 2.45) is 0 Å². The molecule has 1 rings (SSSR count). The number of hydrogen-bond acceptors (Lipinski definition) is 3. The molecule has 3 nitrogen and oxygen atoms in total. The molecule has 3 atom stereocenters. The van der Waals surface area contributed by atoms with E-state index >= 15 is 0 Å². The van der Waals surface area contributed by atoms with Crippen LogP contribution < -0.4 is 5.32 Å². The van der Waals surface area contributed by atoms with Crippen molar-refractivity contribution in [2.45, 2.75) is 44.9 Å². The van der Waals surface area contributed by atoms with Gasteiger partial charge in [0, 0.05) is 25.7 Å². The molecule has 0 aromatic rings. The van der Waals surface area contributed by atoms with E-state index in [1.807, 2.05) is 7.05 Å². The molecule has 0 saturated carbocycles. The van der Waals surface area contributed by atoms with Gasteiger partial charge in [-0.05, 0) is 40.3 Å². The lowest BCUT2D eigenvalue weighted by Crippen LogP contribution is -2.47. The number of rotatable bonds is 5. The van der Waals surface area contributed by atoms with E-state index in [0.717, 1.165) is 6.54 Å². The number of likely N-dealkylation sites (tertiary alicyclic amines) is 1. The van der Waals surface area contributed by atoms with Crippen LogP contribution in [0.1, 0.15) is 26.7 Å². The second-order valence-corrected chi connectivity index (χ2v) is 4.27. The van der Waals surface area contributed by atoms with Crippen molar-refractivity contribution in [1.29, 1.82) is 0 Å². The van der Waals surface area contributed by atoms with Gasteiger partial charge in [-0.2, -0.15) is 0 Å². The van der Waals surface area contributed by atoms with E-state index in [4.69, 9.17) is 4.74 Å². The highest BCUT2D eigenvalue weighted by Gasteiger charge is 2.30. The minimum atomic E-state index is 0.326. The molecule has 0 aliphatic carbocycles. The van der Waals surface area contributed by atoms with Gasteiger partial charge in [-0.25, -0.2) is 0 Å². The fourth-order valence-electron chi connectivity index (χ4n) is 2.32. The lowest BCUT2D eigenvalue weighted by atomic mass is 10.1. The van der Waals surface area contributed by atoms with Gasteiger partial charge in [0.25, 0.3) is 0 Å². The highest BCUT2D eigenvalue weighted by molar-refractivity contribution is 4.86. The summed E-state index contributed by atoms with van der Waals surface area (Å²) in [5.41, 5.74) is 0. The number of ether oxygens (including phenoxy) is 1. The SMILES string of the molecule is CNCC1CCCN1C(C)C(C)OC. The van der Waals surface area contributed by atoms with Gasteiger partial charge in [-0.1, -0.05) is 0 Å². The summed E-state index contributed by atoms with van der Waals surface area (Å²) in [5, 5.41) is 3.27. The molecule has 3 unspecified atom stereocenters. The van der Waals surface area contributed by atoms with Crippen LogP contribution in [0.15, 0.2) is 0 Å². The maximum absolute atomic E-state index is 5.39. The molecular weight excluding hydrogens is 176 g/mol. The van der Waals surface area contributed by atoms with Crippen LogP contribution in [-0.2, 0) is 4.74 Å². The van der Waals surface area contributed by atoms with E-state index in [2.05, 4.69) is 24.1 Å². The van der Waals surface area contributed by atoms with Crippen LogP contribution in [-0.4, -0.2) is 50.3 Å². The van der Waals surface area contributed by atoms with Gasteiger partial charge in [-0.3, -0.25) is 4.90 Å². The average molecular weight is 200 g/mol. The van der Waals surface area contributed by atoms with E-state index < -0.39 is 0 Å². The monoisotopic (exact) mass is 200 g/mol. The minimum absolute atomic E-state index is 0.326. The molecule has 0 amide bonds. The molecule has 0 aromatic carbocycles. The smallest absolute Gasteiger partial charge is 0.0695 e. The number of hydrogen-bond donors (Lipinski definition) is 1. The summed E-state index contributed by atoms with van der Waals surface area (Å²) in [4.78, 5) is 2.57. The molecule has 0 radical (unpaired) electrons. The topological polar surface area (TPSA) is 24.5 Å². The Balaban J connectivity index is 2.48. The summed E-state index contributed by atoms with van der Waals surface area (Å²) in [6.07, 6.45) is 2.97. The zero-order chi connectivity index (χ0) is 10.6. The van der Waals surface area contributed by atoms with Crippen LogP contribution >= 0.6 is 0 Å². The van der Waals surface area contributed by atoms with Crippen molar-refractivity contribution in [3.63, 3.8) is 0 Å². The lowest BCUT2D eigenvalue weighted by molar-refractivity contribution is 0.0282. The first-order chi connectivity index (χ1) is 6.70. The number of nitrogens with one attached hydrogen (secondary N) is 1. The Morgan fingerprint density at radius 2 is 2.21 bits per heavy atom. The number of nitrogens with zero attached hydrogens (tertiary/aromatic N) is 1. The maximum Gasteiger partial charge on any atom is 0.0695 e. The Bertz CT molecular complexity index is 163. The van der Waals surface area contributed by atoms with Gasteiger partial charge >= 0.3 is 0 Å². The van der Waals surface area contributed by atoms with Gasteiger partial charge in [0.15, 0.2) is 0 Å². The number of likely N-dealkylation sites (N-methyl/N-ethyl adjacent to an activating group) is 1. The van der Waals surface area contributed by atoms with Crippen LogP contribution in [0.25, 0.3) is 0 Å². The fraction of sp³-hybridized carbons (Fsp3) is 1.00. The van der Waals surface area contributed by atoms with Crippen LogP contribution in [0.3, 0.4) is 0 Å². The Kier molecular flexibility index (Phi) is 4.85. The molecule has 1 N–H and O–H groups in total. The number of methoxy groups -OCH3 is 1. The first-order valence-electron chi connectivity index (χ1n) is 5.63. The van der Waals surface area contributed by atoms with Crippen LogP contribution in [0.5, 0.6) is 0 Å². The molecule has 1 heterocycles. The molecule has 1 fully saturated rings. The maximum atomic E-state index is 5.39. The van der Waals surface area contributed by atoms with E-state index in [1.54, 1.807) is 7.11 Å². The molecule has 1 aliphatic rings. The quantitative estimate of drug-likeness (QED) is 0.719. The molecule has 1 saturated heterocycles. The van der Waals surface area contributed by atoms with Crippen molar-refractivity contribution in [3.05, 3.63) is 0 Å². The summed E-state index contributed by atoms with van der Waals surface area (Å²) < 4.78 is 5.39. The van der Waals surface area contributed by atoms with Crippen LogP contribution in [0.4, 0.5) is 0 Å². The highest BCUT2D eigenvalue weighted by atomic mass is 16.5. The summed E-state index contributed by atoms with van der Waals surface area (Å²) in [6, 6.07) is 1.23. The fourth-order valence-corrected chi connectivity index (χ4v) is 2.32. The largest absolute Gasteiger partial charge is 0.380 e. The molecule has 3 heteroatoms. The van der Waals surface area contributed by atoms with Crippen molar-refractivity contribution < 1.29 is 4.74 Å². The van der Waals surface area contributed by atoms with Crippen molar-refractivity contribution in [1.82, 2.24) is 10.2 Å². The first kappa shape index (κ1) is 12.0. The van der Waals surface area contributed by atoms with Gasteiger partial charge in [0.1, 0.15) is 0 Å². The van der Waals surface area contributed by atoms with E-state index in [9.17, 15) is 0 Å². The predicted molar refractivity (Wildman–Crippen MR) is 59.6 cm³/mol. The van der Waals surface area contributed by atoms with Crippen LogP contribution in [0.2, 0.25) is 0 Å². The predicted octanol–water partition coefficient (Wildman–Crippen LogP) is 1.09. The average Bonchev–Trinajstić information content (AvgIpc) is 2.64. The van der Waals surface area contributed by atoms with Crippen molar-refractivity contribution >= 4 is 0 Å². The third-order valence-corrected chi connectivity index (χ3v) is 3.44. The summed E-state index contributed by atoms with van der Waals surface area (Å²) in [6.45, 7) is 6.74. The first-order valence-corrected chi connectivity index (χ1v) is 5.63. The molecular formula is C11H24N2O. The molecule has 0 spiro atoms. The third kappa shape index (κ3) is 2.69. The molecule has 84 valence electrons. The van der Waals surface area contributed by atoms with E-state index in [1.165, 1.54) is 19.4 Å². The summed E-state index contributed by atoms with van der Waals surface area (Å²) in [5.74, 6) is 0. The van der Waals surface area contributed by atoms with Gasteiger partial charge in [0.2, 0.25) is 0 Å². The Labute approximate surface area is 87.8 Å². The molecule has 1 aliphatic heterocycles. The second kappa shape index (κ2) is 5.69. The zero-order valence-electron chi connectivity index (χ0n) is 9.92. The normalized spacial score (nSPS) is 27.9. The molecule has 14 heavy (non-hydrogen) atoms. The second-order valence-electron chi connectivity index (χ2n) is 4.27. The standard InChI is InChI=1S/C11H24N2O/c1-9(10(2)14-4)13-7-5-6-11(13)8-12-3/h9-12H,5-8H2,1-4H3. The third-order valence-electron chi connectivity index (χ3n) is 3.44. The van der Waals surface area contributed by atoms with Crippen LogP contribution in [0, 0.1) is 0 Å². The van der Waals surface area contributed by atoms with Gasteiger partial charge < -0.3 is 10.1 Å². The zero-order valence-corrected chi connectivity index (χ0v) is 9.92. The summed E-state index contributed by atoms with van der Waals surface area (Å²) >= 11 is 0. The minimum Gasteiger partial charge on any atom is -0.380 e. The Hall–Kier alpha value is -0.120. The Morgan fingerprint density at radius 1 is 1.50 bits per heavy atom. The van der Waals surface area contributed by atoms with Crippen molar-refractivity contribution in [3.8, 4) is 0 Å². The van der Waals surface area contributed by atoms with Crippen molar-refractivity contribution in [2.75, 3.05) is 27.2 Å². The van der Waals surface area contributed by atoms with E-state index in [-0.39, 0.29) is 0 Å². The van der Waals surface area contributed by atoms with E-state index in [0.29, 0.717) is 18.2 Å². The lowest BCUT2D eigenvalue weighted by Gasteiger charge is -2.33. The molecule has 0 aromatic heterocycles. The Morgan fingerprint density at radius 3 is 2.79 bits per heavy atom.